The van der Waals surface area contributed by atoms with Gasteiger partial charge in [-0.1, -0.05) is 18.3 Å². The van der Waals surface area contributed by atoms with E-state index in [2.05, 4.69) is 10.1 Å². The average molecular weight is 310 g/mol. The molecule has 0 atom stereocenters. The SMILES string of the molecule is CCc1nn2c(=O)cc(CN(C)C(C)(C)C(=O)O)nc2s1. The summed E-state index contributed by atoms with van der Waals surface area (Å²) in [5.41, 5.74) is -0.731. The van der Waals surface area contributed by atoms with Gasteiger partial charge in [-0.3, -0.25) is 14.5 Å². The molecule has 114 valence electrons. The van der Waals surface area contributed by atoms with E-state index in [0.717, 1.165) is 11.4 Å². The highest BCUT2D eigenvalue weighted by atomic mass is 32.1. The average Bonchev–Trinajstić information content (AvgIpc) is 2.82. The lowest BCUT2D eigenvalue weighted by atomic mass is 10.0. The smallest absolute Gasteiger partial charge is 0.323 e. The number of carbonyl (C=O) groups is 1. The van der Waals surface area contributed by atoms with Crippen LogP contribution in [0.5, 0.6) is 0 Å². The molecular weight excluding hydrogens is 292 g/mol. The number of aliphatic carboxylic acids is 1. The normalized spacial score (nSPS) is 12.2. The largest absolute Gasteiger partial charge is 0.480 e. The van der Waals surface area contributed by atoms with Gasteiger partial charge in [0, 0.05) is 12.6 Å². The minimum Gasteiger partial charge on any atom is -0.480 e. The quantitative estimate of drug-likeness (QED) is 0.886. The number of likely N-dealkylation sites (N-methyl/N-ethyl adjacent to an activating group) is 1. The summed E-state index contributed by atoms with van der Waals surface area (Å²) in [6, 6.07) is 1.40. The Balaban J connectivity index is 2.35. The Labute approximate surface area is 125 Å². The summed E-state index contributed by atoms with van der Waals surface area (Å²) in [5.74, 6) is -0.922. The van der Waals surface area contributed by atoms with Gasteiger partial charge in [0.2, 0.25) is 4.96 Å². The molecule has 0 aliphatic rings. The number of hydrogen-bond donors (Lipinski definition) is 1. The van der Waals surface area contributed by atoms with Gasteiger partial charge in [-0.2, -0.15) is 9.61 Å². The van der Waals surface area contributed by atoms with E-state index in [1.807, 2.05) is 6.92 Å². The van der Waals surface area contributed by atoms with Gasteiger partial charge >= 0.3 is 5.97 Å². The number of nitrogens with zero attached hydrogens (tertiary/aromatic N) is 4. The summed E-state index contributed by atoms with van der Waals surface area (Å²) in [7, 11) is 1.70. The first-order valence-electron chi connectivity index (χ1n) is 6.59. The maximum Gasteiger partial charge on any atom is 0.323 e. The molecule has 7 nitrogen and oxygen atoms in total. The number of aryl methyl sites for hydroxylation is 1. The first kappa shape index (κ1) is 15.6. The monoisotopic (exact) mass is 310 g/mol. The topological polar surface area (TPSA) is 87.8 Å². The van der Waals surface area contributed by atoms with E-state index in [4.69, 9.17) is 0 Å². The molecule has 0 saturated carbocycles. The molecule has 8 heteroatoms. The van der Waals surface area contributed by atoms with E-state index in [9.17, 15) is 14.7 Å². The van der Waals surface area contributed by atoms with Crippen LogP contribution < -0.4 is 5.56 Å². The number of aromatic nitrogens is 3. The van der Waals surface area contributed by atoms with Crippen LogP contribution in [0.25, 0.3) is 4.96 Å². The number of rotatable bonds is 5. The minimum absolute atomic E-state index is 0.243. The molecule has 0 aromatic carbocycles. The van der Waals surface area contributed by atoms with E-state index in [1.54, 1.807) is 25.8 Å². The van der Waals surface area contributed by atoms with Gasteiger partial charge in [-0.25, -0.2) is 4.98 Å². The molecule has 0 bridgehead atoms. The molecule has 0 fully saturated rings. The molecule has 21 heavy (non-hydrogen) atoms. The summed E-state index contributed by atoms with van der Waals surface area (Å²) < 4.78 is 1.29. The Bertz CT molecular complexity index is 735. The van der Waals surface area contributed by atoms with E-state index in [1.165, 1.54) is 21.9 Å². The van der Waals surface area contributed by atoms with Crippen LogP contribution >= 0.6 is 11.3 Å². The van der Waals surface area contributed by atoms with Crippen molar-refractivity contribution in [3.8, 4) is 0 Å². The lowest BCUT2D eigenvalue weighted by molar-refractivity contribution is -0.148. The van der Waals surface area contributed by atoms with Crippen molar-refractivity contribution in [2.24, 2.45) is 0 Å². The van der Waals surface area contributed by atoms with Gasteiger partial charge in [0.1, 0.15) is 10.5 Å². The first-order chi connectivity index (χ1) is 9.75. The highest BCUT2D eigenvalue weighted by Gasteiger charge is 2.32. The summed E-state index contributed by atoms with van der Waals surface area (Å²) in [4.78, 5) is 29.9. The molecule has 2 aromatic heterocycles. The second kappa shape index (κ2) is 5.53. The molecule has 2 heterocycles. The molecule has 1 N–H and O–H groups in total. The molecule has 0 aliphatic heterocycles. The summed E-state index contributed by atoms with van der Waals surface area (Å²) in [5, 5.41) is 14.2. The van der Waals surface area contributed by atoms with E-state index < -0.39 is 11.5 Å². The van der Waals surface area contributed by atoms with E-state index in [0.29, 0.717) is 10.7 Å². The van der Waals surface area contributed by atoms with Crippen molar-refractivity contribution in [1.82, 2.24) is 19.5 Å². The van der Waals surface area contributed by atoms with Gasteiger partial charge in [-0.05, 0) is 27.3 Å². The fraction of sp³-hybridized carbons (Fsp3) is 0.538. The molecule has 0 aliphatic carbocycles. The van der Waals surface area contributed by atoms with Crippen LogP contribution in [0, 0.1) is 0 Å². The molecule has 2 rings (SSSR count). The van der Waals surface area contributed by atoms with Crippen LogP contribution in [0.15, 0.2) is 10.9 Å². The zero-order valence-corrected chi connectivity index (χ0v) is 13.3. The fourth-order valence-corrected chi connectivity index (χ4v) is 2.58. The summed E-state index contributed by atoms with van der Waals surface area (Å²) >= 11 is 1.37. The molecule has 0 saturated heterocycles. The maximum absolute atomic E-state index is 12.0. The standard InChI is InChI=1S/C13H18N4O3S/c1-5-9-15-17-10(18)6-8(14-12(17)21-9)7-16(4)13(2,3)11(19)20/h6H,5,7H2,1-4H3,(H,19,20). The third-order valence-electron chi connectivity index (χ3n) is 3.52. The second-order valence-electron chi connectivity index (χ2n) is 5.35. The van der Waals surface area contributed by atoms with Crippen molar-refractivity contribution >= 4 is 22.3 Å². The highest BCUT2D eigenvalue weighted by Crippen LogP contribution is 2.16. The lowest BCUT2D eigenvalue weighted by Crippen LogP contribution is -2.47. The number of fused-ring (bicyclic) bond motifs is 1. The Morgan fingerprint density at radius 1 is 1.52 bits per heavy atom. The Hall–Kier alpha value is -1.80. The van der Waals surface area contributed by atoms with Crippen LogP contribution in [0.4, 0.5) is 0 Å². The first-order valence-corrected chi connectivity index (χ1v) is 7.40. The summed E-state index contributed by atoms with van der Waals surface area (Å²) in [6.45, 7) is 5.47. The Morgan fingerprint density at radius 3 is 2.76 bits per heavy atom. The summed E-state index contributed by atoms with van der Waals surface area (Å²) in [6.07, 6.45) is 0.745. The van der Waals surface area contributed by atoms with Gasteiger partial charge < -0.3 is 5.11 Å². The number of hydrogen-bond acceptors (Lipinski definition) is 6. The van der Waals surface area contributed by atoms with Gasteiger partial charge in [0.25, 0.3) is 5.56 Å². The van der Waals surface area contributed by atoms with Crippen LogP contribution in [0.2, 0.25) is 0 Å². The van der Waals surface area contributed by atoms with Crippen molar-refractivity contribution in [2.45, 2.75) is 39.3 Å². The molecule has 0 unspecified atom stereocenters. The molecule has 0 radical (unpaired) electrons. The Morgan fingerprint density at radius 2 is 2.19 bits per heavy atom. The molecular formula is C13H18N4O3S. The van der Waals surface area contributed by atoms with Crippen LogP contribution in [-0.4, -0.2) is 43.2 Å². The van der Waals surface area contributed by atoms with E-state index >= 15 is 0 Å². The molecule has 0 spiro atoms. The predicted octanol–water partition coefficient (Wildman–Crippen LogP) is 1.01. The second-order valence-corrected chi connectivity index (χ2v) is 6.39. The number of carboxylic acid groups (broad SMARTS) is 1. The number of carboxylic acids is 1. The van der Waals surface area contributed by atoms with Crippen molar-refractivity contribution in [1.29, 1.82) is 0 Å². The van der Waals surface area contributed by atoms with Gasteiger partial charge in [0.15, 0.2) is 0 Å². The highest BCUT2D eigenvalue weighted by molar-refractivity contribution is 7.16. The third kappa shape index (κ3) is 2.96. The van der Waals surface area contributed by atoms with Crippen LogP contribution in [-0.2, 0) is 17.8 Å². The van der Waals surface area contributed by atoms with E-state index in [-0.39, 0.29) is 12.1 Å². The predicted molar refractivity (Wildman–Crippen MR) is 79.7 cm³/mol. The zero-order chi connectivity index (χ0) is 15.8. The maximum atomic E-state index is 12.0. The van der Waals surface area contributed by atoms with Crippen molar-refractivity contribution in [2.75, 3.05) is 7.05 Å². The fourth-order valence-electron chi connectivity index (χ4n) is 1.72. The van der Waals surface area contributed by atoms with Crippen molar-refractivity contribution in [3.63, 3.8) is 0 Å². The zero-order valence-electron chi connectivity index (χ0n) is 12.5. The van der Waals surface area contributed by atoms with Gasteiger partial charge in [-0.15, -0.1) is 0 Å². The minimum atomic E-state index is -1.03. The molecule has 2 aromatic rings. The van der Waals surface area contributed by atoms with Gasteiger partial charge in [0.05, 0.1) is 5.69 Å². The molecule has 0 amide bonds. The van der Waals surface area contributed by atoms with Crippen molar-refractivity contribution in [3.05, 3.63) is 27.1 Å². The van der Waals surface area contributed by atoms with Crippen LogP contribution in [0.1, 0.15) is 31.5 Å². The third-order valence-corrected chi connectivity index (χ3v) is 4.57. The lowest BCUT2D eigenvalue weighted by Gasteiger charge is -2.30. The Kier molecular flexibility index (Phi) is 4.11. The van der Waals surface area contributed by atoms with Crippen molar-refractivity contribution < 1.29 is 9.90 Å². The van der Waals surface area contributed by atoms with Crippen LogP contribution in [0.3, 0.4) is 0 Å².